The van der Waals surface area contributed by atoms with Crippen LogP contribution in [-0.4, -0.2) is 66.6 Å². The molecule has 1 aromatic rings. The first-order chi connectivity index (χ1) is 10.2. The standard InChI is InChI=1S/C16H25N3O2/c1-18-9-10-21-15-12-19(8-6-13(15)11-18)16(20)5-4-14-3-2-7-17-14/h2-3,7,13,15,17H,4-6,8-12H2,1H3/t13-,15-/m1/s1. The number of likely N-dealkylation sites (tertiary alicyclic amines) is 1. The van der Waals surface area contributed by atoms with E-state index in [0.29, 0.717) is 12.3 Å². The number of piperidine rings is 1. The van der Waals surface area contributed by atoms with Crippen LogP contribution in [0.25, 0.3) is 0 Å². The summed E-state index contributed by atoms with van der Waals surface area (Å²) in [6, 6.07) is 4.00. The molecule has 0 aromatic carbocycles. The topological polar surface area (TPSA) is 48.6 Å². The number of carbonyl (C=O) groups excluding carboxylic acids is 1. The predicted molar refractivity (Wildman–Crippen MR) is 81.0 cm³/mol. The smallest absolute Gasteiger partial charge is 0.223 e. The molecule has 0 aliphatic carbocycles. The van der Waals surface area contributed by atoms with Gasteiger partial charge in [0.25, 0.3) is 0 Å². The van der Waals surface area contributed by atoms with E-state index < -0.39 is 0 Å². The first-order valence-electron chi connectivity index (χ1n) is 7.92. The van der Waals surface area contributed by atoms with Crippen molar-refractivity contribution in [3.63, 3.8) is 0 Å². The van der Waals surface area contributed by atoms with Gasteiger partial charge in [-0.15, -0.1) is 0 Å². The molecule has 0 radical (unpaired) electrons. The number of amides is 1. The number of hydrogen-bond acceptors (Lipinski definition) is 3. The highest BCUT2D eigenvalue weighted by atomic mass is 16.5. The molecule has 2 fully saturated rings. The number of carbonyl (C=O) groups is 1. The van der Waals surface area contributed by atoms with Crippen LogP contribution in [0.2, 0.25) is 0 Å². The molecule has 3 rings (SSSR count). The molecule has 1 amide bonds. The molecule has 0 bridgehead atoms. The molecule has 2 aliphatic heterocycles. The van der Waals surface area contributed by atoms with Crippen LogP contribution in [0, 0.1) is 5.92 Å². The zero-order valence-corrected chi connectivity index (χ0v) is 12.8. The van der Waals surface area contributed by atoms with Crippen molar-refractivity contribution in [3.8, 4) is 0 Å². The molecule has 2 atom stereocenters. The molecule has 0 unspecified atom stereocenters. The molecule has 21 heavy (non-hydrogen) atoms. The Labute approximate surface area is 126 Å². The van der Waals surface area contributed by atoms with E-state index in [4.69, 9.17) is 4.74 Å². The number of ether oxygens (including phenoxy) is 1. The van der Waals surface area contributed by atoms with E-state index in [0.717, 1.165) is 51.3 Å². The van der Waals surface area contributed by atoms with E-state index in [9.17, 15) is 4.79 Å². The summed E-state index contributed by atoms with van der Waals surface area (Å²) in [6.07, 6.45) is 4.56. The number of nitrogens with one attached hydrogen (secondary N) is 1. The minimum Gasteiger partial charge on any atom is -0.375 e. The number of aryl methyl sites for hydroxylation is 1. The van der Waals surface area contributed by atoms with Crippen molar-refractivity contribution in [2.24, 2.45) is 5.92 Å². The molecular weight excluding hydrogens is 266 g/mol. The quantitative estimate of drug-likeness (QED) is 0.908. The number of H-pyrrole nitrogens is 1. The van der Waals surface area contributed by atoms with E-state index in [2.05, 4.69) is 16.9 Å². The maximum atomic E-state index is 12.4. The Bertz CT molecular complexity index is 460. The van der Waals surface area contributed by atoms with Crippen LogP contribution in [0.15, 0.2) is 18.3 Å². The molecular formula is C16H25N3O2. The Morgan fingerprint density at radius 2 is 2.33 bits per heavy atom. The van der Waals surface area contributed by atoms with Gasteiger partial charge >= 0.3 is 0 Å². The van der Waals surface area contributed by atoms with Gasteiger partial charge in [0.1, 0.15) is 0 Å². The summed E-state index contributed by atoms with van der Waals surface area (Å²) < 4.78 is 5.97. The van der Waals surface area contributed by atoms with Gasteiger partial charge in [-0.1, -0.05) is 0 Å². The highest BCUT2D eigenvalue weighted by Crippen LogP contribution is 2.24. The molecule has 116 valence electrons. The first kappa shape index (κ1) is 14.6. The van der Waals surface area contributed by atoms with Crippen LogP contribution in [0.1, 0.15) is 18.5 Å². The largest absolute Gasteiger partial charge is 0.375 e. The van der Waals surface area contributed by atoms with Gasteiger partial charge in [-0.3, -0.25) is 4.79 Å². The SMILES string of the molecule is CN1CCO[C@@H]2CN(C(=O)CCc3ccc[nH]3)CC[C@@H]2C1. The van der Waals surface area contributed by atoms with E-state index >= 15 is 0 Å². The van der Waals surface area contributed by atoms with Crippen molar-refractivity contribution in [2.45, 2.75) is 25.4 Å². The number of aromatic nitrogens is 1. The molecule has 5 nitrogen and oxygen atoms in total. The Kier molecular flexibility index (Phi) is 4.60. The molecule has 3 heterocycles. The van der Waals surface area contributed by atoms with Crippen LogP contribution >= 0.6 is 0 Å². The van der Waals surface area contributed by atoms with Crippen LogP contribution in [-0.2, 0) is 16.0 Å². The predicted octanol–water partition coefficient (Wildman–Crippen LogP) is 1.13. The van der Waals surface area contributed by atoms with Gasteiger partial charge in [-0.25, -0.2) is 0 Å². The second-order valence-electron chi connectivity index (χ2n) is 6.26. The van der Waals surface area contributed by atoms with Gasteiger partial charge in [0.2, 0.25) is 5.91 Å². The van der Waals surface area contributed by atoms with Crippen molar-refractivity contribution >= 4 is 5.91 Å². The fourth-order valence-corrected chi connectivity index (χ4v) is 3.36. The summed E-state index contributed by atoms with van der Waals surface area (Å²) >= 11 is 0. The van der Waals surface area contributed by atoms with Crippen molar-refractivity contribution in [2.75, 3.05) is 39.8 Å². The third-order valence-corrected chi connectivity index (χ3v) is 4.67. The minimum absolute atomic E-state index is 0.220. The lowest BCUT2D eigenvalue weighted by molar-refractivity contribution is -0.136. The van der Waals surface area contributed by atoms with Crippen LogP contribution < -0.4 is 0 Å². The van der Waals surface area contributed by atoms with Gasteiger partial charge in [0.05, 0.1) is 12.7 Å². The van der Waals surface area contributed by atoms with Crippen molar-refractivity contribution in [1.82, 2.24) is 14.8 Å². The van der Waals surface area contributed by atoms with E-state index in [1.165, 1.54) is 0 Å². The third-order valence-electron chi connectivity index (χ3n) is 4.67. The zero-order chi connectivity index (χ0) is 14.7. The number of nitrogens with zero attached hydrogens (tertiary/aromatic N) is 2. The molecule has 1 N–H and O–H groups in total. The van der Waals surface area contributed by atoms with E-state index in [-0.39, 0.29) is 12.0 Å². The number of likely N-dealkylation sites (N-methyl/N-ethyl adjacent to an activating group) is 1. The fraction of sp³-hybridized carbons (Fsp3) is 0.688. The number of hydrogen-bond donors (Lipinski definition) is 1. The Hall–Kier alpha value is -1.33. The number of fused-ring (bicyclic) bond motifs is 1. The number of rotatable bonds is 3. The highest BCUT2D eigenvalue weighted by Gasteiger charge is 2.34. The van der Waals surface area contributed by atoms with Crippen LogP contribution in [0.4, 0.5) is 0 Å². The van der Waals surface area contributed by atoms with Gasteiger partial charge in [0.15, 0.2) is 0 Å². The normalized spacial score (nSPS) is 27.2. The van der Waals surface area contributed by atoms with E-state index in [1.54, 1.807) is 0 Å². The van der Waals surface area contributed by atoms with Gasteiger partial charge in [-0.2, -0.15) is 0 Å². The summed E-state index contributed by atoms with van der Waals surface area (Å²) in [7, 11) is 2.15. The average molecular weight is 291 g/mol. The maximum Gasteiger partial charge on any atom is 0.223 e. The monoisotopic (exact) mass is 291 g/mol. The molecule has 0 saturated carbocycles. The van der Waals surface area contributed by atoms with Crippen molar-refractivity contribution in [1.29, 1.82) is 0 Å². The first-order valence-corrected chi connectivity index (χ1v) is 7.92. The average Bonchev–Trinajstić information content (AvgIpc) is 2.92. The molecule has 5 heteroatoms. The lowest BCUT2D eigenvalue weighted by Gasteiger charge is -2.37. The summed E-state index contributed by atoms with van der Waals surface area (Å²) in [6.45, 7) is 4.51. The summed E-state index contributed by atoms with van der Waals surface area (Å²) in [4.78, 5) is 19.9. The summed E-state index contributed by atoms with van der Waals surface area (Å²) in [5.74, 6) is 0.828. The second kappa shape index (κ2) is 6.62. The van der Waals surface area contributed by atoms with Crippen LogP contribution in [0.3, 0.4) is 0 Å². The Morgan fingerprint density at radius 1 is 1.43 bits per heavy atom. The van der Waals surface area contributed by atoms with Gasteiger partial charge < -0.3 is 19.5 Å². The molecule has 1 aromatic heterocycles. The molecule has 2 saturated heterocycles. The number of aromatic amines is 1. The summed E-state index contributed by atoms with van der Waals surface area (Å²) in [5, 5.41) is 0. The maximum absolute atomic E-state index is 12.4. The second-order valence-corrected chi connectivity index (χ2v) is 6.26. The lowest BCUT2D eigenvalue weighted by atomic mass is 9.93. The third kappa shape index (κ3) is 3.66. The lowest BCUT2D eigenvalue weighted by Crippen LogP contribution is -2.49. The highest BCUT2D eigenvalue weighted by molar-refractivity contribution is 5.76. The van der Waals surface area contributed by atoms with Crippen molar-refractivity contribution in [3.05, 3.63) is 24.0 Å². The summed E-state index contributed by atoms with van der Waals surface area (Å²) in [5.41, 5.74) is 1.13. The Morgan fingerprint density at radius 3 is 3.14 bits per heavy atom. The molecule has 2 aliphatic rings. The minimum atomic E-state index is 0.220. The Balaban J connectivity index is 1.51. The fourth-order valence-electron chi connectivity index (χ4n) is 3.36. The van der Waals surface area contributed by atoms with Crippen molar-refractivity contribution < 1.29 is 9.53 Å². The van der Waals surface area contributed by atoms with E-state index in [1.807, 2.05) is 23.2 Å². The van der Waals surface area contributed by atoms with Gasteiger partial charge in [-0.05, 0) is 32.0 Å². The molecule has 0 spiro atoms. The zero-order valence-electron chi connectivity index (χ0n) is 12.8. The van der Waals surface area contributed by atoms with Crippen LogP contribution in [0.5, 0.6) is 0 Å². The van der Waals surface area contributed by atoms with Gasteiger partial charge in [0, 0.05) is 50.4 Å².